The number of rotatable bonds is 8. The minimum atomic E-state index is -0.743. The number of halogens is 1. The van der Waals surface area contributed by atoms with E-state index in [1.54, 1.807) is 0 Å². The molecule has 0 amide bonds. The largest absolute Gasteiger partial charge is 0.485 e. The number of aryl methyl sites for hydroxylation is 3. The van der Waals surface area contributed by atoms with Crippen molar-refractivity contribution in [3.05, 3.63) is 82.4 Å². The van der Waals surface area contributed by atoms with Gasteiger partial charge in [-0.05, 0) is 90.8 Å². The Morgan fingerprint density at radius 1 is 1.14 bits per heavy atom. The molecule has 5 rings (SSSR count). The Bertz CT molecular complexity index is 1280. The number of fused-ring (bicyclic) bond motifs is 1. The van der Waals surface area contributed by atoms with Gasteiger partial charge in [-0.25, -0.2) is 4.39 Å². The van der Waals surface area contributed by atoms with Crippen molar-refractivity contribution in [1.29, 1.82) is 0 Å². The zero-order valence-corrected chi connectivity index (χ0v) is 21.3. The fourth-order valence-corrected chi connectivity index (χ4v) is 5.71. The van der Waals surface area contributed by atoms with E-state index in [2.05, 4.69) is 42.2 Å². The first-order chi connectivity index (χ1) is 17.4. The van der Waals surface area contributed by atoms with E-state index in [0.29, 0.717) is 11.5 Å². The third-order valence-corrected chi connectivity index (χ3v) is 7.78. The van der Waals surface area contributed by atoms with Crippen LogP contribution in [0.5, 0.6) is 5.75 Å². The SMILES string of the molecule is CCCc1cc(C2CCc3ccc([C@H](C4CC4)[C@H](C)C(=O)O)cc3O2)ccc1-c1cc(C)ncc1F. The maximum atomic E-state index is 14.6. The van der Waals surface area contributed by atoms with E-state index in [9.17, 15) is 14.3 Å². The van der Waals surface area contributed by atoms with E-state index in [1.807, 2.05) is 26.0 Å². The van der Waals surface area contributed by atoms with Gasteiger partial charge in [0.2, 0.25) is 0 Å². The number of hydrogen-bond donors (Lipinski definition) is 1. The van der Waals surface area contributed by atoms with Crippen LogP contribution in [0.3, 0.4) is 0 Å². The molecule has 0 saturated heterocycles. The molecule has 1 aliphatic carbocycles. The lowest BCUT2D eigenvalue weighted by molar-refractivity contribution is -0.142. The summed E-state index contributed by atoms with van der Waals surface area (Å²) in [6.45, 7) is 5.83. The van der Waals surface area contributed by atoms with Crippen molar-refractivity contribution in [2.45, 2.75) is 71.3 Å². The van der Waals surface area contributed by atoms with E-state index in [0.717, 1.165) is 72.2 Å². The van der Waals surface area contributed by atoms with Crippen LogP contribution in [-0.4, -0.2) is 16.1 Å². The third-order valence-electron chi connectivity index (χ3n) is 7.78. The van der Waals surface area contributed by atoms with Crippen LogP contribution in [0.25, 0.3) is 11.1 Å². The van der Waals surface area contributed by atoms with Gasteiger partial charge in [-0.1, -0.05) is 50.6 Å². The highest BCUT2D eigenvalue weighted by molar-refractivity contribution is 5.71. The predicted octanol–water partition coefficient (Wildman–Crippen LogP) is 7.43. The van der Waals surface area contributed by atoms with Gasteiger partial charge in [-0.3, -0.25) is 9.78 Å². The highest BCUT2D eigenvalue weighted by atomic mass is 19.1. The molecule has 5 heteroatoms. The molecule has 2 aliphatic rings. The van der Waals surface area contributed by atoms with Crippen LogP contribution in [-0.2, 0) is 17.6 Å². The number of carboxylic acid groups (broad SMARTS) is 1. The molecule has 1 fully saturated rings. The molecule has 1 aliphatic heterocycles. The lowest BCUT2D eigenvalue weighted by Crippen LogP contribution is -2.21. The highest BCUT2D eigenvalue weighted by Gasteiger charge is 2.39. The van der Waals surface area contributed by atoms with E-state index in [1.165, 1.54) is 11.8 Å². The van der Waals surface area contributed by atoms with Gasteiger partial charge in [0, 0.05) is 11.3 Å². The Balaban J connectivity index is 1.44. The molecule has 3 atom stereocenters. The van der Waals surface area contributed by atoms with Crippen molar-refractivity contribution in [2.24, 2.45) is 11.8 Å². The molecule has 0 spiro atoms. The summed E-state index contributed by atoms with van der Waals surface area (Å²) in [4.78, 5) is 15.8. The Morgan fingerprint density at radius 3 is 2.67 bits per heavy atom. The van der Waals surface area contributed by atoms with E-state index >= 15 is 0 Å². The van der Waals surface area contributed by atoms with Crippen LogP contribution in [0.4, 0.5) is 4.39 Å². The third kappa shape index (κ3) is 4.88. The van der Waals surface area contributed by atoms with Gasteiger partial charge >= 0.3 is 5.97 Å². The second-order valence-electron chi connectivity index (χ2n) is 10.5. The number of hydrogen-bond acceptors (Lipinski definition) is 3. The summed E-state index contributed by atoms with van der Waals surface area (Å²) in [5.74, 6) is -0.143. The topological polar surface area (TPSA) is 59.4 Å². The molecule has 36 heavy (non-hydrogen) atoms. The van der Waals surface area contributed by atoms with Crippen LogP contribution in [0.1, 0.15) is 79.5 Å². The quantitative estimate of drug-likeness (QED) is 0.359. The molecule has 1 saturated carbocycles. The number of aromatic nitrogens is 1. The van der Waals surface area contributed by atoms with Crippen molar-refractivity contribution < 1.29 is 19.0 Å². The monoisotopic (exact) mass is 487 g/mol. The maximum absolute atomic E-state index is 14.6. The smallest absolute Gasteiger partial charge is 0.306 e. The Hall–Kier alpha value is -3.21. The summed E-state index contributed by atoms with van der Waals surface area (Å²) >= 11 is 0. The first kappa shape index (κ1) is 24.5. The van der Waals surface area contributed by atoms with Crippen LogP contribution in [0, 0.1) is 24.6 Å². The minimum Gasteiger partial charge on any atom is -0.485 e. The average Bonchev–Trinajstić information content (AvgIpc) is 3.70. The second-order valence-corrected chi connectivity index (χ2v) is 10.5. The summed E-state index contributed by atoms with van der Waals surface area (Å²) in [7, 11) is 0. The fraction of sp³-hybridized carbons (Fsp3) is 0.419. The Kier molecular flexibility index (Phi) is 6.83. The number of carbonyl (C=O) groups is 1. The predicted molar refractivity (Wildman–Crippen MR) is 139 cm³/mol. The number of ether oxygens (including phenoxy) is 1. The van der Waals surface area contributed by atoms with Crippen molar-refractivity contribution in [1.82, 2.24) is 4.98 Å². The van der Waals surface area contributed by atoms with E-state index in [-0.39, 0.29) is 17.8 Å². The fourth-order valence-electron chi connectivity index (χ4n) is 5.71. The van der Waals surface area contributed by atoms with E-state index < -0.39 is 11.9 Å². The number of carboxylic acids is 1. The minimum absolute atomic E-state index is 0.0194. The molecule has 188 valence electrons. The van der Waals surface area contributed by atoms with Gasteiger partial charge in [-0.2, -0.15) is 0 Å². The summed E-state index contributed by atoms with van der Waals surface area (Å²) in [5, 5.41) is 9.67. The highest BCUT2D eigenvalue weighted by Crippen LogP contribution is 2.48. The molecule has 0 bridgehead atoms. The van der Waals surface area contributed by atoms with Crippen molar-refractivity contribution >= 4 is 5.97 Å². The number of pyridine rings is 1. The zero-order valence-electron chi connectivity index (χ0n) is 21.3. The zero-order chi connectivity index (χ0) is 25.4. The normalized spacial score (nSPS) is 18.7. The summed E-state index contributed by atoms with van der Waals surface area (Å²) in [6, 6.07) is 14.4. The molecular weight excluding hydrogens is 453 g/mol. The lowest BCUT2D eigenvalue weighted by Gasteiger charge is -2.29. The van der Waals surface area contributed by atoms with Gasteiger partial charge < -0.3 is 9.84 Å². The number of aliphatic carboxylic acids is 1. The molecule has 2 aromatic carbocycles. The lowest BCUT2D eigenvalue weighted by atomic mass is 9.82. The standard InChI is InChI=1S/C31H34FNO3/c1-4-5-22-15-23(10-12-25(22)26-14-18(2)33-17-27(26)32)28-13-11-20-6-9-24(16-29(20)36-28)30(21-7-8-21)19(3)31(34)35/h6,9-10,12,14-17,19,21,28,30H,4-5,7-8,11,13H2,1-3H3,(H,34,35)/t19-,28?,30-/m0/s1. The molecule has 1 N–H and O–H groups in total. The molecular formula is C31H34FNO3. The molecule has 2 heterocycles. The van der Waals surface area contributed by atoms with Crippen LogP contribution in [0.2, 0.25) is 0 Å². The molecule has 1 unspecified atom stereocenters. The Morgan fingerprint density at radius 2 is 1.94 bits per heavy atom. The molecule has 3 aromatic rings. The van der Waals surface area contributed by atoms with Crippen LogP contribution >= 0.6 is 0 Å². The maximum Gasteiger partial charge on any atom is 0.306 e. The van der Waals surface area contributed by atoms with Gasteiger partial charge in [0.05, 0.1) is 12.1 Å². The summed E-state index contributed by atoms with van der Waals surface area (Å²) in [6.07, 6.45) is 6.99. The van der Waals surface area contributed by atoms with Gasteiger partial charge in [0.15, 0.2) is 0 Å². The van der Waals surface area contributed by atoms with E-state index in [4.69, 9.17) is 4.74 Å². The first-order valence-electron chi connectivity index (χ1n) is 13.1. The van der Waals surface area contributed by atoms with Gasteiger partial charge in [0.1, 0.15) is 17.7 Å². The summed E-state index contributed by atoms with van der Waals surface area (Å²) < 4.78 is 21.2. The van der Waals surface area contributed by atoms with Crippen LogP contribution in [0.15, 0.2) is 48.7 Å². The summed E-state index contributed by atoms with van der Waals surface area (Å²) in [5.41, 5.74) is 6.76. The van der Waals surface area contributed by atoms with Crippen molar-refractivity contribution in [3.8, 4) is 16.9 Å². The molecule has 0 radical (unpaired) electrons. The number of benzene rings is 2. The van der Waals surface area contributed by atoms with Gasteiger partial charge in [-0.15, -0.1) is 0 Å². The molecule has 1 aromatic heterocycles. The van der Waals surface area contributed by atoms with Gasteiger partial charge in [0.25, 0.3) is 0 Å². The Labute approximate surface area is 212 Å². The van der Waals surface area contributed by atoms with Crippen molar-refractivity contribution in [3.63, 3.8) is 0 Å². The molecule has 4 nitrogen and oxygen atoms in total. The van der Waals surface area contributed by atoms with Crippen molar-refractivity contribution in [2.75, 3.05) is 0 Å². The average molecular weight is 488 g/mol. The number of nitrogens with zero attached hydrogens (tertiary/aromatic N) is 1. The second kappa shape index (κ2) is 10.0. The first-order valence-corrected chi connectivity index (χ1v) is 13.1. The van der Waals surface area contributed by atoms with Crippen LogP contribution < -0.4 is 4.74 Å².